The lowest BCUT2D eigenvalue weighted by Crippen LogP contribution is -1.93. The Bertz CT molecular complexity index is 860. The maximum Gasteiger partial charge on any atom is 0.176 e. The highest BCUT2D eigenvalue weighted by Crippen LogP contribution is 2.40. The van der Waals surface area contributed by atoms with Gasteiger partial charge < -0.3 is 19.1 Å². The summed E-state index contributed by atoms with van der Waals surface area (Å²) in [7, 11) is 3.17. The van der Waals surface area contributed by atoms with Gasteiger partial charge in [0, 0.05) is 10.0 Å². The maximum atomic E-state index is 9.90. The van der Waals surface area contributed by atoms with E-state index in [1.807, 2.05) is 24.3 Å². The highest BCUT2D eigenvalue weighted by atomic mass is 79.9. The molecule has 0 saturated carbocycles. The number of ether oxygens (including phenoxy) is 2. The van der Waals surface area contributed by atoms with E-state index in [1.54, 1.807) is 32.4 Å². The Morgan fingerprint density at radius 1 is 1.08 bits per heavy atom. The van der Waals surface area contributed by atoms with Gasteiger partial charge in [0.15, 0.2) is 5.76 Å². The number of aliphatic hydroxyl groups is 1. The largest absolute Gasteiger partial charge is 0.497 e. The number of halogens is 1. The van der Waals surface area contributed by atoms with E-state index in [-0.39, 0.29) is 6.61 Å². The van der Waals surface area contributed by atoms with Crippen LogP contribution in [0.2, 0.25) is 0 Å². The van der Waals surface area contributed by atoms with Crippen LogP contribution in [-0.4, -0.2) is 24.5 Å². The highest BCUT2D eigenvalue weighted by Gasteiger charge is 2.22. The molecule has 0 radical (unpaired) electrons. The van der Waals surface area contributed by atoms with Crippen molar-refractivity contribution in [2.45, 2.75) is 6.61 Å². The second kappa shape index (κ2) is 7.07. The molecule has 5 nitrogen and oxygen atoms in total. The van der Waals surface area contributed by atoms with Gasteiger partial charge in [0.25, 0.3) is 0 Å². The van der Waals surface area contributed by atoms with Crippen LogP contribution >= 0.6 is 15.9 Å². The zero-order chi connectivity index (χ0) is 17.1. The summed E-state index contributed by atoms with van der Waals surface area (Å²) in [6.45, 7) is -0.212. The molecule has 0 aliphatic rings. The molecule has 1 aromatic heterocycles. The number of hydrogen-bond acceptors (Lipinski definition) is 5. The van der Waals surface area contributed by atoms with Gasteiger partial charge in [-0.15, -0.1) is 0 Å². The van der Waals surface area contributed by atoms with Crippen LogP contribution < -0.4 is 9.47 Å². The molecule has 0 spiro atoms. The van der Waals surface area contributed by atoms with E-state index >= 15 is 0 Å². The van der Waals surface area contributed by atoms with Crippen LogP contribution in [0.3, 0.4) is 0 Å². The van der Waals surface area contributed by atoms with Gasteiger partial charge in [-0.05, 0) is 24.3 Å². The fourth-order valence-electron chi connectivity index (χ4n) is 2.52. The first-order valence-corrected chi connectivity index (χ1v) is 8.05. The molecule has 6 heteroatoms. The predicted octanol–water partition coefficient (Wildman–Crippen LogP) is 4.28. The van der Waals surface area contributed by atoms with Gasteiger partial charge in [0.2, 0.25) is 0 Å². The Morgan fingerprint density at radius 2 is 1.88 bits per heavy atom. The number of aromatic nitrogens is 1. The van der Waals surface area contributed by atoms with Crippen molar-refractivity contribution >= 4 is 15.9 Å². The molecule has 24 heavy (non-hydrogen) atoms. The summed E-state index contributed by atoms with van der Waals surface area (Å²) in [6, 6.07) is 13.0. The maximum absolute atomic E-state index is 9.90. The van der Waals surface area contributed by atoms with E-state index in [2.05, 4.69) is 21.1 Å². The van der Waals surface area contributed by atoms with Gasteiger partial charge in [-0.1, -0.05) is 39.3 Å². The van der Waals surface area contributed by atoms with Crippen molar-refractivity contribution in [3.8, 4) is 34.1 Å². The van der Waals surface area contributed by atoms with E-state index in [4.69, 9.17) is 14.0 Å². The first-order chi connectivity index (χ1) is 11.7. The normalized spacial score (nSPS) is 10.7. The highest BCUT2D eigenvalue weighted by molar-refractivity contribution is 9.10. The molecule has 0 atom stereocenters. The first kappa shape index (κ1) is 16.5. The minimum atomic E-state index is -0.212. The summed E-state index contributed by atoms with van der Waals surface area (Å²) in [5.74, 6) is 1.73. The number of aliphatic hydroxyl groups excluding tert-OH is 1. The number of methoxy groups -OCH3 is 2. The average molecular weight is 390 g/mol. The summed E-state index contributed by atoms with van der Waals surface area (Å²) in [6.07, 6.45) is 0. The van der Waals surface area contributed by atoms with E-state index in [9.17, 15) is 5.11 Å². The molecule has 1 heterocycles. The van der Waals surface area contributed by atoms with Crippen molar-refractivity contribution in [1.29, 1.82) is 0 Å². The molecule has 124 valence electrons. The Kier molecular flexibility index (Phi) is 4.87. The third kappa shape index (κ3) is 2.90. The van der Waals surface area contributed by atoms with Crippen LogP contribution in [0.5, 0.6) is 11.5 Å². The van der Waals surface area contributed by atoms with E-state index in [0.717, 1.165) is 10.0 Å². The van der Waals surface area contributed by atoms with Gasteiger partial charge >= 0.3 is 0 Å². The van der Waals surface area contributed by atoms with Crippen molar-refractivity contribution in [1.82, 2.24) is 5.16 Å². The van der Waals surface area contributed by atoms with Crippen LogP contribution in [0, 0.1) is 0 Å². The SMILES string of the molecule is COc1ccc(OC)c(-c2onc(-c3ccccc3Br)c2CO)c1. The van der Waals surface area contributed by atoms with Crippen LogP contribution in [0.15, 0.2) is 51.5 Å². The number of nitrogens with zero attached hydrogens (tertiary/aromatic N) is 1. The summed E-state index contributed by atoms with van der Waals surface area (Å²) in [5.41, 5.74) is 2.70. The quantitative estimate of drug-likeness (QED) is 0.705. The third-order valence-corrected chi connectivity index (χ3v) is 4.42. The van der Waals surface area contributed by atoms with Crippen molar-refractivity contribution in [2.75, 3.05) is 14.2 Å². The molecule has 3 rings (SSSR count). The van der Waals surface area contributed by atoms with Gasteiger partial charge in [-0.2, -0.15) is 0 Å². The molecule has 1 N–H and O–H groups in total. The van der Waals surface area contributed by atoms with Crippen molar-refractivity contribution in [2.24, 2.45) is 0 Å². The zero-order valence-corrected chi connectivity index (χ0v) is 14.8. The number of rotatable bonds is 5. The van der Waals surface area contributed by atoms with E-state index in [0.29, 0.717) is 34.1 Å². The van der Waals surface area contributed by atoms with Crippen LogP contribution in [-0.2, 0) is 6.61 Å². The Morgan fingerprint density at radius 3 is 2.54 bits per heavy atom. The summed E-state index contributed by atoms with van der Waals surface area (Å²) in [5, 5.41) is 14.1. The zero-order valence-electron chi connectivity index (χ0n) is 13.2. The Balaban J connectivity index is 2.19. The molecule has 0 amide bonds. The molecule has 0 bridgehead atoms. The van der Waals surface area contributed by atoms with Gasteiger partial charge in [0.1, 0.15) is 17.2 Å². The monoisotopic (exact) mass is 389 g/mol. The molecule has 0 aliphatic carbocycles. The Hall–Kier alpha value is -2.31. The van der Waals surface area contributed by atoms with Gasteiger partial charge in [0.05, 0.1) is 32.0 Å². The fourth-order valence-corrected chi connectivity index (χ4v) is 3.00. The van der Waals surface area contributed by atoms with Crippen LogP contribution in [0.25, 0.3) is 22.6 Å². The third-order valence-electron chi connectivity index (χ3n) is 3.73. The minimum absolute atomic E-state index is 0.212. The molecule has 0 aliphatic heterocycles. The lowest BCUT2D eigenvalue weighted by Gasteiger charge is -2.09. The lowest BCUT2D eigenvalue weighted by atomic mass is 10.0. The molecule has 0 fully saturated rings. The minimum Gasteiger partial charge on any atom is -0.497 e. The topological polar surface area (TPSA) is 64.7 Å². The lowest BCUT2D eigenvalue weighted by molar-refractivity contribution is 0.281. The first-order valence-electron chi connectivity index (χ1n) is 7.26. The average Bonchev–Trinajstić information content (AvgIpc) is 3.05. The standard InChI is InChI=1S/C18H16BrNO4/c1-22-11-7-8-16(23-2)13(9-11)18-14(10-21)17(20-24-18)12-5-3-4-6-15(12)19/h3-9,21H,10H2,1-2H3. The van der Waals surface area contributed by atoms with Crippen molar-refractivity contribution < 1.29 is 19.1 Å². The molecular formula is C18H16BrNO4. The molecule has 2 aromatic carbocycles. The smallest absolute Gasteiger partial charge is 0.176 e. The summed E-state index contributed by atoms with van der Waals surface area (Å²) in [4.78, 5) is 0. The molecule has 0 unspecified atom stereocenters. The molecule has 3 aromatic rings. The van der Waals surface area contributed by atoms with Crippen molar-refractivity contribution in [3.05, 3.63) is 52.5 Å². The fraction of sp³-hybridized carbons (Fsp3) is 0.167. The summed E-state index contributed by atoms with van der Waals surface area (Å²) < 4.78 is 17.1. The van der Waals surface area contributed by atoms with Crippen LogP contribution in [0.4, 0.5) is 0 Å². The van der Waals surface area contributed by atoms with Gasteiger partial charge in [-0.3, -0.25) is 0 Å². The Labute approximate surface area is 147 Å². The van der Waals surface area contributed by atoms with E-state index < -0.39 is 0 Å². The van der Waals surface area contributed by atoms with E-state index in [1.165, 1.54) is 0 Å². The molecule has 0 saturated heterocycles. The summed E-state index contributed by atoms with van der Waals surface area (Å²) >= 11 is 3.50. The van der Waals surface area contributed by atoms with Crippen LogP contribution in [0.1, 0.15) is 5.56 Å². The number of benzene rings is 2. The predicted molar refractivity (Wildman–Crippen MR) is 94.1 cm³/mol. The molecular weight excluding hydrogens is 374 g/mol. The second-order valence-corrected chi connectivity index (χ2v) is 5.90. The number of hydrogen-bond donors (Lipinski definition) is 1. The van der Waals surface area contributed by atoms with Crippen molar-refractivity contribution in [3.63, 3.8) is 0 Å². The van der Waals surface area contributed by atoms with Gasteiger partial charge in [-0.25, -0.2) is 0 Å². The second-order valence-electron chi connectivity index (χ2n) is 5.04.